The summed E-state index contributed by atoms with van der Waals surface area (Å²) in [6, 6.07) is 6.01. The van der Waals surface area contributed by atoms with Gasteiger partial charge in [0, 0.05) is 21.9 Å². The molecular formula is C16H22BrNO2. The van der Waals surface area contributed by atoms with Gasteiger partial charge in [-0.2, -0.15) is 0 Å². The fourth-order valence-corrected chi connectivity index (χ4v) is 2.66. The minimum absolute atomic E-state index is 0.0232. The van der Waals surface area contributed by atoms with E-state index in [0.29, 0.717) is 12.3 Å². The molecule has 0 aliphatic rings. The molecule has 0 bridgehead atoms. The van der Waals surface area contributed by atoms with Gasteiger partial charge in [0.1, 0.15) is 17.4 Å². The number of β-amino-alcohol motifs (C(OH)–C–C–N with tert-alkyl or cyclic N) is 1. The van der Waals surface area contributed by atoms with Crippen molar-refractivity contribution < 1.29 is 9.52 Å². The van der Waals surface area contributed by atoms with Gasteiger partial charge in [-0.15, -0.1) is 0 Å². The molecule has 2 N–H and O–H groups in total. The van der Waals surface area contributed by atoms with Gasteiger partial charge in [0.15, 0.2) is 0 Å². The standard InChI is InChI=1S/C16H22BrNO2/c1-5-10-6-12(17)7-11-8-14(20-15(10)11)13(19)9-18-16(2,3)4/h6-8,13,18-19H,5,9H2,1-4H3. The van der Waals surface area contributed by atoms with Gasteiger partial charge >= 0.3 is 0 Å². The van der Waals surface area contributed by atoms with E-state index >= 15 is 0 Å². The highest BCUT2D eigenvalue weighted by atomic mass is 79.9. The highest BCUT2D eigenvalue weighted by Gasteiger charge is 2.18. The normalized spacial score (nSPS) is 13.9. The fourth-order valence-electron chi connectivity index (χ4n) is 2.14. The second-order valence-corrected chi connectivity index (χ2v) is 7.05. The minimum atomic E-state index is -0.634. The summed E-state index contributed by atoms with van der Waals surface area (Å²) in [4.78, 5) is 0. The van der Waals surface area contributed by atoms with E-state index in [-0.39, 0.29) is 5.54 Å². The number of halogens is 1. The first kappa shape index (κ1) is 15.5. The Morgan fingerprint density at radius 3 is 2.60 bits per heavy atom. The van der Waals surface area contributed by atoms with Gasteiger partial charge in [-0.05, 0) is 51.0 Å². The molecule has 1 heterocycles. The topological polar surface area (TPSA) is 45.4 Å². The van der Waals surface area contributed by atoms with Crippen molar-refractivity contribution >= 4 is 26.9 Å². The molecule has 3 nitrogen and oxygen atoms in total. The highest BCUT2D eigenvalue weighted by Crippen LogP contribution is 2.30. The van der Waals surface area contributed by atoms with Crippen molar-refractivity contribution in [3.05, 3.63) is 34.0 Å². The molecular weight excluding hydrogens is 318 g/mol. The Hall–Kier alpha value is -0.840. The Bertz CT molecular complexity index is 598. The van der Waals surface area contributed by atoms with Crippen molar-refractivity contribution in [2.45, 2.75) is 45.8 Å². The maximum Gasteiger partial charge on any atom is 0.137 e. The number of rotatable bonds is 4. The molecule has 1 aromatic carbocycles. The Kier molecular flexibility index (Phi) is 4.57. The minimum Gasteiger partial charge on any atom is -0.458 e. The predicted octanol–water partition coefficient (Wildman–Crippen LogP) is 4.18. The molecule has 0 spiro atoms. The van der Waals surface area contributed by atoms with Crippen LogP contribution in [0.25, 0.3) is 11.0 Å². The van der Waals surface area contributed by atoms with E-state index in [0.717, 1.165) is 27.4 Å². The molecule has 0 amide bonds. The number of hydrogen-bond donors (Lipinski definition) is 2. The van der Waals surface area contributed by atoms with Crippen LogP contribution in [0.1, 0.15) is 45.1 Å². The molecule has 0 fully saturated rings. The van der Waals surface area contributed by atoms with Gasteiger partial charge < -0.3 is 14.8 Å². The van der Waals surface area contributed by atoms with Crippen LogP contribution < -0.4 is 5.32 Å². The molecule has 0 aliphatic carbocycles. The van der Waals surface area contributed by atoms with Crippen molar-refractivity contribution in [3.63, 3.8) is 0 Å². The number of aliphatic hydroxyl groups excluding tert-OH is 1. The summed E-state index contributed by atoms with van der Waals surface area (Å²) in [6.45, 7) is 8.80. The lowest BCUT2D eigenvalue weighted by Crippen LogP contribution is -2.38. The van der Waals surface area contributed by atoms with Crippen molar-refractivity contribution in [1.82, 2.24) is 5.32 Å². The van der Waals surface area contributed by atoms with Crippen LogP contribution in [0.5, 0.6) is 0 Å². The van der Waals surface area contributed by atoms with E-state index in [2.05, 4.69) is 55.0 Å². The Morgan fingerprint density at radius 1 is 1.30 bits per heavy atom. The van der Waals surface area contributed by atoms with Gasteiger partial charge in [0.2, 0.25) is 0 Å². The number of fused-ring (bicyclic) bond motifs is 1. The average molecular weight is 340 g/mol. The summed E-state index contributed by atoms with van der Waals surface area (Å²) in [5.41, 5.74) is 2.00. The lowest BCUT2D eigenvalue weighted by Gasteiger charge is -2.22. The molecule has 0 saturated carbocycles. The molecule has 0 aliphatic heterocycles. The van der Waals surface area contributed by atoms with Crippen LogP contribution in [0.3, 0.4) is 0 Å². The number of aliphatic hydroxyl groups is 1. The van der Waals surface area contributed by atoms with Gasteiger partial charge in [0.05, 0.1) is 0 Å². The summed E-state index contributed by atoms with van der Waals surface area (Å²) < 4.78 is 6.90. The number of nitrogens with one attached hydrogen (secondary N) is 1. The number of benzene rings is 1. The van der Waals surface area contributed by atoms with Crippen LogP contribution in [-0.4, -0.2) is 17.2 Å². The Labute approximate surface area is 128 Å². The largest absolute Gasteiger partial charge is 0.458 e. The zero-order valence-corrected chi connectivity index (χ0v) is 14.0. The van der Waals surface area contributed by atoms with E-state index in [1.54, 1.807) is 0 Å². The van der Waals surface area contributed by atoms with E-state index in [1.165, 1.54) is 0 Å². The second-order valence-electron chi connectivity index (χ2n) is 6.13. The molecule has 2 rings (SSSR count). The third-order valence-electron chi connectivity index (χ3n) is 3.21. The molecule has 0 radical (unpaired) electrons. The number of furan rings is 1. The van der Waals surface area contributed by atoms with E-state index in [4.69, 9.17) is 4.42 Å². The third kappa shape index (κ3) is 3.62. The average Bonchev–Trinajstić information content (AvgIpc) is 2.77. The van der Waals surface area contributed by atoms with Gasteiger partial charge in [-0.1, -0.05) is 22.9 Å². The van der Waals surface area contributed by atoms with E-state index < -0.39 is 6.10 Å². The van der Waals surface area contributed by atoms with Gasteiger partial charge in [-0.3, -0.25) is 0 Å². The third-order valence-corrected chi connectivity index (χ3v) is 3.67. The summed E-state index contributed by atoms with van der Waals surface area (Å²) in [5, 5.41) is 14.6. The van der Waals surface area contributed by atoms with Crippen LogP contribution in [0, 0.1) is 0 Å². The summed E-state index contributed by atoms with van der Waals surface area (Å²) in [6.07, 6.45) is 0.268. The van der Waals surface area contributed by atoms with E-state index in [9.17, 15) is 5.11 Å². The molecule has 1 atom stereocenters. The lowest BCUT2D eigenvalue weighted by atomic mass is 10.1. The quantitative estimate of drug-likeness (QED) is 0.878. The zero-order chi connectivity index (χ0) is 14.9. The maximum absolute atomic E-state index is 10.2. The molecule has 1 aromatic heterocycles. The smallest absolute Gasteiger partial charge is 0.137 e. The fraction of sp³-hybridized carbons (Fsp3) is 0.500. The Balaban J connectivity index is 2.27. The van der Waals surface area contributed by atoms with Crippen LogP contribution >= 0.6 is 15.9 Å². The van der Waals surface area contributed by atoms with Crippen molar-refractivity contribution in [2.24, 2.45) is 0 Å². The molecule has 4 heteroatoms. The monoisotopic (exact) mass is 339 g/mol. The first-order valence-corrected chi connectivity index (χ1v) is 7.74. The second kappa shape index (κ2) is 5.88. The Morgan fingerprint density at radius 2 is 2.00 bits per heavy atom. The molecule has 2 aromatic rings. The zero-order valence-electron chi connectivity index (χ0n) is 12.5. The summed E-state index contributed by atoms with van der Waals surface area (Å²) >= 11 is 3.51. The number of aryl methyl sites for hydroxylation is 1. The van der Waals surface area contributed by atoms with Gasteiger partial charge in [-0.25, -0.2) is 0 Å². The first-order chi connectivity index (χ1) is 9.30. The van der Waals surface area contributed by atoms with Crippen molar-refractivity contribution in [1.29, 1.82) is 0 Å². The number of hydrogen-bond acceptors (Lipinski definition) is 3. The highest BCUT2D eigenvalue weighted by molar-refractivity contribution is 9.10. The summed E-state index contributed by atoms with van der Waals surface area (Å²) in [5.74, 6) is 0.615. The van der Waals surface area contributed by atoms with Crippen molar-refractivity contribution in [3.8, 4) is 0 Å². The molecule has 1 unspecified atom stereocenters. The SMILES string of the molecule is CCc1cc(Br)cc2cc(C(O)CNC(C)(C)C)oc12. The maximum atomic E-state index is 10.2. The first-order valence-electron chi connectivity index (χ1n) is 6.95. The lowest BCUT2D eigenvalue weighted by molar-refractivity contribution is 0.140. The summed E-state index contributed by atoms with van der Waals surface area (Å²) in [7, 11) is 0. The van der Waals surface area contributed by atoms with Gasteiger partial charge in [0.25, 0.3) is 0 Å². The molecule has 110 valence electrons. The van der Waals surface area contributed by atoms with Crippen LogP contribution in [0.15, 0.2) is 27.1 Å². The van der Waals surface area contributed by atoms with E-state index in [1.807, 2.05) is 12.1 Å². The van der Waals surface area contributed by atoms with Crippen LogP contribution in [0.2, 0.25) is 0 Å². The predicted molar refractivity (Wildman–Crippen MR) is 86.0 cm³/mol. The van der Waals surface area contributed by atoms with Crippen LogP contribution in [0.4, 0.5) is 0 Å². The van der Waals surface area contributed by atoms with Crippen molar-refractivity contribution in [2.75, 3.05) is 6.54 Å². The molecule has 0 saturated heterocycles. The van der Waals surface area contributed by atoms with Crippen LogP contribution in [-0.2, 0) is 6.42 Å². The molecule has 20 heavy (non-hydrogen) atoms.